The summed E-state index contributed by atoms with van der Waals surface area (Å²) in [5.74, 6) is -0.396. The number of hydrogen-bond donors (Lipinski definition) is 1. The summed E-state index contributed by atoms with van der Waals surface area (Å²) in [4.78, 5) is 26.4. The Morgan fingerprint density at radius 3 is 2.68 bits per heavy atom. The second-order valence-corrected chi connectivity index (χ2v) is 7.31. The fraction of sp³-hybridized carbons (Fsp3) is 0.182. The second-order valence-electron chi connectivity index (χ2n) is 6.87. The Labute approximate surface area is 168 Å². The average Bonchev–Trinajstić information content (AvgIpc) is 3.19. The Morgan fingerprint density at radius 1 is 1.14 bits per heavy atom. The molecular weight excluding hydrogens is 374 g/mol. The number of benzene rings is 2. The fourth-order valence-electron chi connectivity index (χ4n) is 3.45. The monoisotopic (exact) mass is 393 g/mol. The van der Waals surface area contributed by atoms with Gasteiger partial charge in [0, 0.05) is 33.7 Å². The lowest BCUT2D eigenvalue weighted by molar-refractivity contribution is -0.113. The molecule has 1 saturated heterocycles. The van der Waals surface area contributed by atoms with E-state index in [0.29, 0.717) is 16.8 Å². The van der Waals surface area contributed by atoms with Crippen molar-refractivity contribution in [1.29, 1.82) is 0 Å². The maximum atomic E-state index is 12.9. The van der Waals surface area contributed by atoms with Gasteiger partial charge in [-0.25, -0.2) is 9.69 Å². The highest BCUT2D eigenvalue weighted by atomic mass is 35.5. The van der Waals surface area contributed by atoms with Crippen LogP contribution in [-0.4, -0.2) is 16.5 Å². The van der Waals surface area contributed by atoms with Crippen molar-refractivity contribution in [3.05, 3.63) is 71.0 Å². The average molecular weight is 394 g/mol. The predicted octanol–water partition coefficient (Wildman–Crippen LogP) is 5.36. The van der Waals surface area contributed by atoms with E-state index in [1.165, 1.54) is 0 Å². The molecule has 1 aliphatic heterocycles. The molecule has 3 aromatic rings. The van der Waals surface area contributed by atoms with E-state index >= 15 is 0 Å². The third-order valence-electron chi connectivity index (χ3n) is 5.08. The van der Waals surface area contributed by atoms with Gasteiger partial charge in [-0.2, -0.15) is 0 Å². The Kier molecular flexibility index (Phi) is 4.69. The summed E-state index contributed by atoms with van der Waals surface area (Å²) in [6.07, 6.45) is 4.77. The van der Waals surface area contributed by atoms with Crippen LogP contribution in [0.25, 0.3) is 17.0 Å². The number of imide groups is 1. The van der Waals surface area contributed by atoms with E-state index in [2.05, 4.69) is 29.8 Å². The molecule has 2 heterocycles. The van der Waals surface area contributed by atoms with Crippen LogP contribution in [0.2, 0.25) is 5.02 Å². The smallest absolute Gasteiger partial charge is 0.333 e. The quantitative estimate of drug-likeness (QED) is 0.479. The van der Waals surface area contributed by atoms with Crippen molar-refractivity contribution in [2.45, 2.75) is 26.3 Å². The van der Waals surface area contributed by atoms with E-state index in [4.69, 9.17) is 11.6 Å². The number of carbonyl (C=O) groups is 2. The van der Waals surface area contributed by atoms with E-state index in [9.17, 15) is 9.59 Å². The lowest BCUT2D eigenvalue weighted by atomic mass is 10.1. The molecule has 1 fully saturated rings. The van der Waals surface area contributed by atoms with Crippen LogP contribution in [0.5, 0.6) is 0 Å². The van der Waals surface area contributed by atoms with Gasteiger partial charge >= 0.3 is 6.03 Å². The first-order valence-electron chi connectivity index (χ1n) is 9.22. The standard InChI is InChI=1S/C22H20ClN3O2/c1-3-14(2)25-13-15(18-9-4-5-10-20(18)25)11-19-21(27)26(22(28)24-19)17-8-6-7-16(23)12-17/h4-14H,3H2,1-2H3,(H,24,28)/b19-11+/t14-/m0/s1. The molecule has 0 saturated carbocycles. The van der Waals surface area contributed by atoms with E-state index in [-0.39, 0.29) is 5.70 Å². The molecular formula is C22H20ClN3O2. The molecule has 5 nitrogen and oxygen atoms in total. The summed E-state index contributed by atoms with van der Waals surface area (Å²) in [6, 6.07) is 14.6. The maximum absolute atomic E-state index is 12.9. The Balaban J connectivity index is 1.76. The van der Waals surface area contributed by atoms with Crippen LogP contribution in [0.3, 0.4) is 0 Å². The van der Waals surface area contributed by atoms with Gasteiger partial charge in [-0.05, 0) is 43.7 Å². The van der Waals surface area contributed by atoms with Gasteiger partial charge in [-0.3, -0.25) is 4.79 Å². The highest BCUT2D eigenvalue weighted by molar-refractivity contribution is 6.32. The molecule has 0 radical (unpaired) electrons. The number of hydrogen-bond acceptors (Lipinski definition) is 2. The number of nitrogens with zero attached hydrogens (tertiary/aromatic N) is 2. The molecule has 1 N–H and O–H groups in total. The van der Waals surface area contributed by atoms with Crippen molar-refractivity contribution in [1.82, 2.24) is 9.88 Å². The molecule has 0 aliphatic carbocycles. The lowest BCUT2D eigenvalue weighted by Gasteiger charge is -2.12. The van der Waals surface area contributed by atoms with Crippen molar-refractivity contribution in [2.75, 3.05) is 4.90 Å². The van der Waals surface area contributed by atoms with E-state index in [1.807, 2.05) is 24.4 Å². The molecule has 6 heteroatoms. The number of halogens is 1. The van der Waals surface area contributed by atoms with E-state index in [0.717, 1.165) is 27.8 Å². The largest absolute Gasteiger partial charge is 0.344 e. The number of nitrogens with one attached hydrogen (secondary N) is 1. The summed E-state index contributed by atoms with van der Waals surface area (Å²) in [5.41, 5.74) is 2.69. The molecule has 4 rings (SSSR count). The zero-order valence-electron chi connectivity index (χ0n) is 15.6. The first-order valence-corrected chi connectivity index (χ1v) is 9.59. The molecule has 0 spiro atoms. The Hall–Kier alpha value is -3.05. The molecule has 2 aromatic carbocycles. The van der Waals surface area contributed by atoms with E-state index in [1.54, 1.807) is 30.3 Å². The highest BCUT2D eigenvalue weighted by Crippen LogP contribution is 2.29. The molecule has 0 bridgehead atoms. The van der Waals surface area contributed by atoms with Crippen LogP contribution < -0.4 is 10.2 Å². The number of amides is 3. The summed E-state index contributed by atoms with van der Waals surface area (Å²) in [5, 5.41) is 4.19. The minimum absolute atomic E-state index is 0.247. The molecule has 142 valence electrons. The molecule has 3 amide bonds. The number of rotatable bonds is 4. The molecule has 1 aromatic heterocycles. The van der Waals surface area contributed by atoms with Crippen LogP contribution in [0.15, 0.2) is 60.4 Å². The van der Waals surface area contributed by atoms with E-state index < -0.39 is 11.9 Å². The molecule has 0 unspecified atom stereocenters. The molecule has 28 heavy (non-hydrogen) atoms. The Morgan fingerprint density at radius 2 is 1.93 bits per heavy atom. The normalized spacial score (nSPS) is 16.8. The summed E-state index contributed by atoms with van der Waals surface area (Å²) in [6.45, 7) is 4.30. The topological polar surface area (TPSA) is 54.3 Å². The first-order chi connectivity index (χ1) is 13.5. The van der Waals surface area contributed by atoms with Gasteiger partial charge in [-0.1, -0.05) is 42.8 Å². The van der Waals surface area contributed by atoms with Crippen LogP contribution >= 0.6 is 11.6 Å². The number of para-hydroxylation sites is 1. The van der Waals surface area contributed by atoms with Gasteiger partial charge < -0.3 is 9.88 Å². The van der Waals surface area contributed by atoms with Gasteiger partial charge in [0.25, 0.3) is 5.91 Å². The summed E-state index contributed by atoms with van der Waals surface area (Å²) >= 11 is 6.01. The Bertz CT molecular complexity index is 1120. The van der Waals surface area contributed by atoms with Crippen molar-refractivity contribution < 1.29 is 9.59 Å². The summed E-state index contributed by atoms with van der Waals surface area (Å²) < 4.78 is 2.21. The third kappa shape index (κ3) is 3.08. The fourth-order valence-corrected chi connectivity index (χ4v) is 3.63. The number of aromatic nitrogens is 1. The van der Waals surface area contributed by atoms with Crippen molar-refractivity contribution in [2.24, 2.45) is 0 Å². The van der Waals surface area contributed by atoms with Gasteiger partial charge in [0.2, 0.25) is 0 Å². The second kappa shape index (κ2) is 7.17. The molecule has 1 aliphatic rings. The number of fused-ring (bicyclic) bond motifs is 1. The van der Waals surface area contributed by atoms with Crippen LogP contribution in [0.1, 0.15) is 31.9 Å². The maximum Gasteiger partial charge on any atom is 0.333 e. The molecule has 1 atom stereocenters. The zero-order chi connectivity index (χ0) is 19.8. The zero-order valence-corrected chi connectivity index (χ0v) is 16.4. The predicted molar refractivity (Wildman–Crippen MR) is 112 cm³/mol. The SMILES string of the molecule is CC[C@H](C)n1cc(/C=C2/NC(=O)N(c3cccc(Cl)c3)C2=O)c2ccccc21. The minimum Gasteiger partial charge on any atom is -0.344 e. The van der Waals surface area contributed by atoms with Gasteiger partial charge in [0.15, 0.2) is 0 Å². The number of urea groups is 1. The van der Waals surface area contributed by atoms with Crippen LogP contribution in [-0.2, 0) is 4.79 Å². The number of carbonyl (C=O) groups excluding carboxylic acids is 2. The van der Waals surface area contributed by atoms with Crippen molar-refractivity contribution >= 4 is 46.2 Å². The van der Waals surface area contributed by atoms with Gasteiger partial charge in [0.05, 0.1) is 5.69 Å². The van der Waals surface area contributed by atoms with Gasteiger partial charge in [0.1, 0.15) is 5.70 Å². The van der Waals surface area contributed by atoms with Crippen LogP contribution in [0, 0.1) is 0 Å². The summed E-state index contributed by atoms with van der Waals surface area (Å²) in [7, 11) is 0. The number of anilines is 1. The lowest BCUT2D eigenvalue weighted by Crippen LogP contribution is -2.30. The highest BCUT2D eigenvalue weighted by Gasteiger charge is 2.35. The van der Waals surface area contributed by atoms with Gasteiger partial charge in [-0.15, -0.1) is 0 Å². The minimum atomic E-state index is -0.482. The first kappa shape index (κ1) is 18.3. The third-order valence-corrected chi connectivity index (χ3v) is 5.32. The van der Waals surface area contributed by atoms with Crippen molar-refractivity contribution in [3.8, 4) is 0 Å². The van der Waals surface area contributed by atoms with Crippen molar-refractivity contribution in [3.63, 3.8) is 0 Å². The van der Waals surface area contributed by atoms with Crippen LogP contribution in [0.4, 0.5) is 10.5 Å².